The minimum Gasteiger partial charge on any atom is -0.311 e. The zero-order valence-corrected chi connectivity index (χ0v) is 48.4. The van der Waals surface area contributed by atoms with Crippen molar-refractivity contribution < 1.29 is 0 Å². The van der Waals surface area contributed by atoms with E-state index < -0.39 is 0 Å². The summed E-state index contributed by atoms with van der Waals surface area (Å²) in [4.78, 5) is 36.5. The Kier molecular flexibility index (Phi) is 12.3. The fourth-order valence-electron chi connectivity index (χ4n) is 13.3. The van der Waals surface area contributed by atoms with Gasteiger partial charge in [-0.25, -0.2) is 29.9 Å². The number of anilines is 6. The number of hydrogen-bond donors (Lipinski definition) is 0. The second kappa shape index (κ2) is 21.3. The zero-order valence-electron chi connectivity index (χ0n) is 48.4. The molecule has 15 aromatic rings. The van der Waals surface area contributed by atoms with Gasteiger partial charge in [-0.3, -0.25) is 0 Å². The van der Waals surface area contributed by atoms with E-state index in [1.807, 2.05) is 78.9 Å². The van der Waals surface area contributed by atoms with E-state index in [2.05, 4.69) is 240 Å². The first kappa shape index (κ1) is 51.5. The van der Waals surface area contributed by atoms with Crippen LogP contribution in [0, 0.1) is 6.92 Å². The molecular formula is C79H52BN9. The number of nitrogens with zero attached hydrogens (tertiary/aromatic N) is 9. The first-order valence-electron chi connectivity index (χ1n) is 30.0. The first-order chi connectivity index (χ1) is 44.0. The average molecular weight is 1140 g/mol. The molecule has 89 heavy (non-hydrogen) atoms. The lowest BCUT2D eigenvalue weighted by Gasteiger charge is -2.44. The molecule has 5 heterocycles. The van der Waals surface area contributed by atoms with Crippen molar-refractivity contribution in [1.82, 2.24) is 34.5 Å². The van der Waals surface area contributed by atoms with Crippen LogP contribution in [0.15, 0.2) is 297 Å². The summed E-state index contributed by atoms with van der Waals surface area (Å²) in [5.74, 6) is 3.28. The maximum atomic E-state index is 5.49. The molecule has 0 N–H and O–H groups in total. The standard InChI is InChI=1S/C79H52BN9/c1-51-40-46-67-62(48-51)61-32-14-17-35-66(61)89(67)68-47-45-58(78-83-74(53-22-6-2-7-23-53)81-75(84-78)54-24-8-3-9-25-54)50-63(68)79-85-76(55-26-10-4-11-27-55)82-77(86-79)56-43-41-52(42-44-56)57-28-20-31-60(49-57)88-70-37-19-16-34-65(70)80-64-33-15-18-36-69(64)87(59-29-12-5-13-30-59)71-38-21-39-72(88)73(71)80/h2-50H,1H3. The fourth-order valence-corrected chi connectivity index (χ4v) is 13.3. The number of rotatable bonds is 10. The van der Waals surface area contributed by atoms with E-state index in [0.717, 1.165) is 89.1 Å². The molecule has 2 aliphatic rings. The Morgan fingerprint density at radius 3 is 1.30 bits per heavy atom. The summed E-state index contributed by atoms with van der Waals surface area (Å²) in [7, 11) is 0. The summed E-state index contributed by atoms with van der Waals surface area (Å²) < 4.78 is 2.34. The molecule has 3 aromatic heterocycles. The molecule has 0 atom stereocenters. The van der Waals surface area contributed by atoms with Crippen molar-refractivity contribution >= 4 is 79.0 Å². The van der Waals surface area contributed by atoms with Crippen LogP contribution in [0.5, 0.6) is 0 Å². The number of aromatic nitrogens is 7. The van der Waals surface area contributed by atoms with Crippen LogP contribution in [0.1, 0.15) is 5.56 Å². The highest BCUT2D eigenvalue weighted by atomic mass is 15.2. The Labute approximate surface area is 515 Å². The van der Waals surface area contributed by atoms with E-state index in [4.69, 9.17) is 29.9 Å². The fraction of sp³-hybridized carbons (Fsp3) is 0.0127. The molecule has 0 spiro atoms. The highest BCUT2D eigenvalue weighted by Crippen LogP contribution is 2.45. The summed E-state index contributed by atoms with van der Waals surface area (Å²) in [6.07, 6.45) is 0. The van der Waals surface area contributed by atoms with E-state index in [1.54, 1.807) is 0 Å². The van der Waals surface area contributed by atoms with Crippen LogP contribution < -0.4 is 26.2 Å². The molecule has 0 amide bonds. The van der Waals surface area contributed by atoms with E-state index in [9.17, 15) is 0 Å². The van der Waals surface area contributed by atoms with Gasteiger partial charge in [0.05, 0.1) is 16.7 Å². The summed E-state index contributed by atoms with van der Waals surface area (Å²) in [5.41, 5.74) is 22.2. The van der Waals surface area contributed by atoms with Gasteiger partial charge < -0.3 is 14.4 Å². The summed E-state index contributed by atoms with van der Waals surface area (Å²) in [5, 5.41) is 2.31. The third-order valence-corrected chi connectivity index (χ3v) is 17.3. The van der Waals surface area contributed by atoms with Crippen LogP contribution in [-0.4, -0.2) is 41.2 Å². The third kappa shape index (κ3) is 8.87. The minimum atomic E-state index is 0.0593. The van der Waals surface area contributed by atoms with Crippen LogP contribution in [0.2, 0.25) is 0 Å². The SMILES string of the molecule is Cc1ccc2c(c1)c1ccccc1n2-c1ccc(-c2nc(-c3ccccc3)nc(-c3ccccc3)n2)cc1-c1nc(-c2ccccc2)nc(-c2ccc(-c3cccc(N4c5ccccc5B5c6ccccc6N(c6ccccc6)c6cccc4c65)c3)cc2)n1. The molecule has 0 fully saturated rings. The van der Waals surface area contributed by atoms with Gasteiger partial charge in [0.1, 0.15) is 0 Å². The Morgan fingerprint density at radius 2 is 0.697 bits per heavy atom. The molecule has 9 nitrogen and oxygen atoms in total. The summed E-state index contributed by atoms with van der Waals surface area (Å²) in [6, 6.07) is 105. The lowest BCUT2D eigenvalue weighted by atomic mass is 9.33. The van der Waals surface area contributed by atoms with Gasteiger partial charge in [0, 0.05) is 78.3 Å². The van der Waals surface area contributed by atoms with E-state index in [0.29, 0.717) is 34.9 Å². The van der Waals surface area contributed by atoms with Crippen molar-refractivity contribution in [3.63, 3.8) is 0 Å². The van der Waals surface area contributed by atoms with Crippen LogP contribution in [0.3, 0.4) is 0 Å². The second-order valence-corrected chi connectivity index (χ2v) is 22.7. The van der Waals surface area contributed by atoms with E-state index >= 15 is 0 Å². The van der Waals surface area contributed by atoms with Crippen molar-refractivity contribution in [2.45, 2.75) is 6.92 Å². The highest BCUT2D eigenvalue weighted by molar-refractivity contribution is 7.00. The van der Waals surface area contributed by atoms with Crippen molar-refractivity contribution in [1.29, 1.82) is 0 Å². The van der Waals surface area contributed by atoms with Gasteiger partial charge in [-0.1, -0.05) is 218 Å². The Bertz CT molecular complexity index is 5170. The number of hydrogen-bond acceptors (Lipinski definition) is 8. The van der Waals surface area contributed by atoms with Crippen molar-refractivity contribution in [2.24, 2.45) is 0 Å². The quantitative estimate of drug-likeness (QED) is 0.125. The van der Waals surface area contributed by atoms with Gasteiger partial charge in [0.15, 0.2) is 34.9 Å². The molecule has 2 aliphatic heterocycles. The van der Waals surface area contributed by atoms with Gasteiger partial charge in [-0.2, -0.15) is 0 Å². The van der Waals surface area contributed by atoms with Crippen LogP contribution >= 0.6 is 0 Å². The van der Waals surface area contributed by atoms with Crippen LogP contribution in [0.4, 0.5) is 34.1 Å². The minimum absolute atomic E-state index is 0.0593. The molecule has 12 aromatic carbocycles. The monoisotopic (exact) mass is 1140 g/mol. The predicted molar refractivity (Wildman–Crippen MR) is 364 cm³/mol. The summed E-state index contributed by atoms with van der Waals surface area (Å²) >= 11 is 0. The van der Waals surface area contributed by atoms with Gasteiger partial charge in [-0.05, 0) is 119 Å². The zero-order chi connectivity index (χ0) is 58.9. The molecule has 17 rings (SSSR count). The van der Waals surface area contributed by atoms with E-state index in [1.165, 1.54) is 39.0 Å². The van der Waals surface area contributed by atoms with Crippen molar-refractivity contribution in [2.75, 3.05) is 9.80 Å². The lowest BCUT2D eigenvalue weighted by Crippen LogP contribution is -2.61. The van der Waals surface area contributed by atoms with Gasteiger partial charge in [0.2, 0.25) is 0 Å². The molecule has 0 aliphatic carbocycles. The van der Waals surface area contributed by atoms with Crippen molar-refractivity contribution in [3.05, 3.63) is 303 Å². The van der Waals surface area contributed by atoms with E-state index in [-0.39, 0.29) is 6.71 Å². The molecule has 10 heteroatoms. The molecule has 0 radical (unpaired) electrons. The maximum absolute atomic E-state index is 5.49. The molecule has 0 saturated heterocycles. The van der Waals surface area contributed by atoms with Gasteiger partial charge in [-0.15, -0.1) is 0 Å². The van der Waals surface area contributed by atoms with Gasteiger partial charge in [0.25, 0.3) is 6.71 Å². The largest absolute Gasteiger partial charge is 0.311 e. The van der Waals surface area contributed by atoms with Crippen LogP contribution in [0.25, 0.3) is 107 Å². The molecule has 0 saturated carbocycles. The summed E-state index contributed by atoms with van der Waals surface area (Å²) in [6.45, 7) is 2.20. The number of fused-ring (bicyclic) bond motifs is 7. The normalized spacial score (nSPS) is 12.3. The average Bonchev–Trinajstić information content (AvgIpc) is 1.22. The van der Waals surface area contributed by atoms with Gasteiger partial charge >= 0.3 is 0 Å². The maximum Gasteiger partial charge on any atom is 0.252 e. The molecule has 0 bridgehead atoms. The predicted octanol–water partition coefficient (Wildman–Crippen LogP) is 17.2. The third-order valence-electron chi connectivity index (χ3n) is 17.3. The molecular weight excluding hydrogens is 1090 g/mol. The Morgan fingerprint density at radius 1 is 0.270 bits per heavy atom. The smallest absolute Gasteiger partial charge is 0.252 e. The van der Waals surface area contributed by atoms with Crippen molar-refractivity contribution in [3.8, 4) is 85.1 Å². The number of aryl methyl sites for hydroxylation is 1. The highest BCUT2D eigenvalue weighted by Gasteiger charge is 2.43. The lowest BCUT2D eigenvalue weighted by molar-refractivity contribution is 1.06. The topological polar surface area (TPSA) is 88.7 Å². The number of benzene rings is 12. The van der Waals surface area contributed by atoms with Crippen LogP contribution in [-0.2, 0) is 0 Å². The molecule has 0 unspecified atom stereocenters. The molecule has 416 valence electrons. The Balaban J connectivity index is 0.805. The number of para-hydroxylation sites is 4. The first-order valence-corrected chi connectivity index (χ1v) is 30.0. The second-order valence-electron chi connectivity index (χ2n) is 22.7. The Hall–Kier alpha value is -11.9.